The van der Waals surface area contributed by atoms with Gasteiger partial charge in [-0.15, -0.1) is 0 Å². The molecule has 3 atom stereocenters. The van der Waals surface area contributed by atoms with E-state index in [1.54, 1.807) is 7.11 Å². The average molecular weight is 172 g/mol. The summed E-state index contributed by atoms with van der Waals surface area (Å²) in [6.45, 7) is 5.18. The molecule has 1 rings (SSSR count). The van der Waals surface area contributed by atoms with Crippen LogP contribution in [0.4, 0.5) is 0 Å². The van der Waals surface area contributed by atoms with Crippen LogP contribution in [0.2, 0.25) is 0 Å². The molecule has 0 spiro atoms. The standard InChI is InChI=1S/C10H20O2/c1-4-8-6-9(5-2)12-10(8)7-11-3/h8-10H,4-7H2,1-3H3. The van der Waals surface area contributed by atoms with Gasteiger partial charge in [-0.05, 0) is 18.8 Å². The molecule has 0 bridgehead atoms. The van der Waals surface area contributed by atoms with Crippen molar-refractivity contribution in [3.8, 4) is 0 Å². The molecule has 2 nitrogen and oxygen atoms in total. The molecule has 0 aromatic rings. The van der Waals surface area contributed by atoms with Gasteiger partial charge < -0.3 is 9.47 Å². The molecule has 12 heavy (non-hydrogen) atoms. The highest BCUT2D eigenvalue weighted by Crippen LogP contribution is 2.30. The second-order valence-electron chi connectivity index (χ2n) is 3.56. The van der Waals surface area contributed by atoms with Gasteiger partial charge in [0.15, 0.2) is 0 Å². The third kappa shape index (κ3) is 2.20. The van der Waals surface area contributed by atoms with Gasteiger partial charge in [0.25, 0.3) is 0 Å². The zero-order chi connectivity index (χ0) is 8.97. The van der Waals surface area contributed by atoms with E-state index in [1.165, 1.54) is 12.8 Å². The molecule has 0 N–H and O–H groups in total. The molecular weight excluding hydrogens is 152 g/mol. The van der Waals surface area contributed by atoms with E-state index < -0.39 is 0 Å². The highest BCUT2D eigenvalue weighted by Gasteiger charge is 2.32. The predicted octanol–water partition coefficient (Wildman–Crippen LogP) is 2.23. The summed E-state index contributed by atoms with van der Waals surface area (Å²) in [6, 6.07) is 0. The Bertz CT molecular complexity index is 125. The van der Waals surface area contributed by atoms with Gasteiger partial charge in [0.2, 0.25) is 0 Å². The van der Waals surface area contributed by atoms with Gasteiger partial charge >= 0.3 is 0 Å². The molecule has 0 aliphatic carbocycles. The normalized spacial score (nSPS) is 35.8. The lowest BCUT2D eigenvalue weighted by Gasteiger charge is -2.15. The fourth-order valence-electron chi connectivity index (χ4n) is 1.94. The molecule has 1 aliphatic heterocycles. The summed E-state index contributed by atoms with van der Waals surface area (Å²) in [7, 11) is 1.75. The highest BCUT2D eigenvalue weighted by atomic mass is 16.5. The Hall–Kier alpha value is -0.0800. The third-order valence-electron chi connectivity index (χ3n) is 2.77. The first-order chi connectivity index (χ1) is 5.81. The van der Waals surface area contributed by atoms with Crippen LogP contribution in [0.1, 0.15) is 33.1 Å². The number of hydrogen-bond donors (Lipinski definition) is 0. The summed E-state index contributed by atoms with van der Waals surface area (Å²) >= 11 is 0. The number of methoxy groups -OCH3 is 1. The smallest absolute Gasteiger partial charge is 0.0841 e. The van der Waals surface area contributed by atoms with Crippen LogP contribution in [-0.2, 0) is 9.47 Å². The van der Waals surface area contributed by atoms with Crippen molar-refractivity contribution < 1.29 is 9.47 Å². The van der Waals surface area contributed by atoms with Crippen LogP contribution in [0.5, 0.6) is 0 Å². The van der Waals surface area contributed by atoms with Gasteiger partial charge in [-0.2, -0.15) is 0 Å². The van der Waals surface area contributed by atoms with Crippen LogP contribution in [-0.4, -0.2) is 25.9 Å². The van der Waals surface area contributed by atoms with Crippen molar-refractivity contribution >= 4 is 0 Å². The van der Waals surface area contributed by atoms with Crippen molar-refractivity contribution in [3.05, 3.63) is 0 Å². The summed E-state index contributed by atoms with van der Waals surface area (Å²) < 4.78 is 11.0. The molecule has 2 heteroatoms. The number of hydrogen-bond acceptors (Lipinski definition) is 2. The number of ether oxygens (including phenoxy) is 2. The monoisotopic (exact) mass is 172 g/mol. The van der Waals surface area contributed by atoms with Crippen molar-refractivity contribution in [3.63, 3.8) is 0 Å². The minimum Gasteiger partial charge on any atom is -0.382 e. The average Bonchev–Trinajstić information content (AvgIpc) is 2.48. The maximum absolute atomic E-state index is 5.83. The summed E-state index contributed by atoms with van der Waals surface area (Å²) in [5, 5.41) is 0. The quantitative estimate of drug-likeness (QED) is 0.647. The van der Waals surface area contributed by atoms with Crippen LogP contribution in [0.25, 0.3) is 0 Å². The van der Waals surface area contributed by atoms with Crippen molar-refractivity contribution in [2.45, 2.75) is 45.3 Å². The molecule has 1 aliphatic rings. The molecule has 1 heterocycles. The fraction of sp³-hybridized carbons (Fsp3) is 1.00. The SMILES string of the molecule is CCC1CC(CC)C(COC)O1. The Labute approximate surface area is 75.2 Å². The second-order valence-corrected chi connectivity index (χ2v) is 3.56. The van der Waals surface area contributed by atoms with Gasteiger partial charge in [0.1, 0.15) is 0 Å². The molecule has 1 saturated heterocycles. The maximum Gasteiger partial charge on any atom is 0.0841 e. The first kappa shape index (κ1) is 10.0. The van der Waals surface area contributed by atoms with E-state index in [9.17, 15) is 0 Å². The molecular formula is C10H20O2. The van der Waals surface area contributed by atoms with Gasteiger partial charge in [0.05, 0.1) is 18.8 Å². The Balaban J connectivity index is 2.39. The number of rotatable bonds is 4. The van der Waals surface area contributed by atoms with Crippen molar-refractivity contribution in [2.75, 3.05) is 13.7 Å². The largest absolute Gasteiger partial charge is 0.382 e. The van der Waals surface area contributed by atoms with Crippen molar-refractivity contribution in [2.24, 2.45) is 5.92 Å². The first-order valence-electron chi connectivity index (χ1n) is 4.96. The summed E-state index contributed by atoms with van der Waals surface area (Å²) in [5.41, 5.74) is 0. The first-order valence-corrected chi connectivity index (χ1v) is 4.96. The Morgan fingerprint density at radius 3 is 2.58 bits per heavy atom. The van der Waals surface area contributed by atoms with E-state index >= 15 is 0 Å². The fourth-order valence-corrected chi connectivity index (χ4v) is 1.94. The Morgan fingerprint density at radius 1 is 1.33 bits per heavy atom. The summed E-state index contributed by atoms with van der Waals surface area (Å²) in [5.74, 6) is 0.717. The molecule has 0 amide bonds. The van der Waals surface area contributed by atoms with E-state index in [0.717, 1.165) is 18.9 Å². The van der Waals surface area contributed by atoms with Crippen molar-refractivity contribution in [1.82, 2.24) is 0 Å². The van der Waals surface area contributed by atoms with Gasteiger partial charge in [0, 0.05) is 7.11 Å². The van der Waals surface area contributed by atoms with Crippen LogP contribution in [0, 0.1) is 5.92 Å². The van der Waals surface area contributed by atoms with Crippen LogP contribution >= 0.6 is 0 Å². The van der Waals surface area contributed by atoms with Crippen LogP contribution in [0.3, 0.4) is 0 Å². The Morgan fingerprint density at radius 2 is 2.08 bits per heavy atom. The lowest BCUT2D eigenvalue weighted by molar-refractivity contribution is -0.0144. The van der Waals surface area contributed by atoms with E-state index in [4.69, 9.17) is 9.47 Å². The van der Waals surface area contributed by atoms with Gasteiger partial charge in [-0.25, -0.2) is 0 Å². The molecule has 0 saturated carbocycles. The predicted molar refractivity (Wildman–Crippen MR) is 49.2 cm³/mol. The molecule has 0 aromatic carbocycles. The molecule has 1 fully saturated rings. The molecule has 72 valence electrons. The zero-order valence-corrected chi connectivity index (χ0v) is 8.38. The van der Waals surface area contributed by atoms with Gasteiger partial charge in [-0.1, -0.05) is 20.3 Å². The minimum atomic E-state index is 0.352. The lowest BCUT2D eigenvalue weighted by Crippen LogP contribution is -2.21. The van der Waals surface area contributed by atoms with E-state index in [-0.39, 0.29) is 0 Å². The Kier molecular flexibility index (Phi) is 4.02. The molecule has 0 aromatic heterocycles. The highest BCUT2D eigenvalue weighted by molar-refractivity contribution is 4.80. The minimum absolute atomic E-state index is 0.352. The lowest BCUT2D eigenvalue weighted by atomic mass is 9.96. The zero-order valence-electron chi connectivity index (χ0n) is 8.38. The van der Waals surface area contributed by atoms with E-state index in [2.05, 4.69) is 13.8 Å². The molecule has 3 unspecified atom stereocenters. The summed E-state index contributed by atoms with van der Waals surface area (Å²) in [6.07, 6.45) is 4.41. The van der Waals surface area contributed by atoms with E-state index in [1.807, 2.05) is 0 Å². The van der Waals surface area contributed by atoms with Crippen molar-refractivity contribution in [1.29, 1.82) is 0 Å². The second kappa shape index (κ2) is 4.83. The van der Waals surface area contributed by atoms with Crippen LogP contribution < -0.4 is 0 Å². The van der Waals surface area contributed by atoms with Gasteiger partial charge in [-0.3, -0.25) is 0 Å². The van der Waals surface area contributed by atoms with Crippen LogP contribution in [0.15, 0.2) is 0 Å². The topological polar surface area (TPSA) is 18.5 Å². The third-order valence-corrected chi connectivity index (χ3v) is 2.77. The molecule has 0 radical (unpaired) electrons. The maximum atomic E-state index is 5.83. The summed E-state index contributed by atoms with van der Waals surface area (Å²) in [4.78, 5) is 0. The van der Waals surface area contributed by atoms with E-state index in [0.29, 0.717) is 12.2 Å².